The Balaban J connectivity index is 1.75. The molecule has 0 radical (unpaired) electrons. The van der Waals surface area contributed by atoms with Gasteiger partial charge in [0.05, 0.1) is 0 Å². The van der Waals surface area contributed by atoms with Crippen molar-refractivity contribution in [2.45, 2.75) is 31.3 Å². The lowest BCUT2D eigenvalue weighted by molar-refractivity contribution is 0.193. The van der Waals surface area contributed by atoms with E-state index in [2.05, 4.69) is 5.32 Å². The number of benzene rings is 3. The van der Waals surface area contributed by atoms with Crippen molar-refractivity contribution in [3.63, 3.8) is 0 Å². The van der Waals surface area contributed by atoms with Crippen LogP contribution in [0.3, 0.4) is 0 Å². The first-order valence-corrected chi connectivity index (χ1v) is 11.2. The van der Waals surface area contributed by atoms with Gasteiger partial charge >= 0.3 is 16.1 Å². The average Bonchev–Trinajstić information content (AvgIpc) is 2.72. The normalized spacial score (nSPS) is 11.3. The van der Waals surface area contributed by atoms with Gasteiger partial charge in [0.1, 0.15) is 22.3 Å². The van der Waals surface area contributed by atoms with Crippen LogP contribution in [0.25, 0.3) is 0 Å². The maximum absolute atomic E-state index is 13.4. The van der Waals surface area contributed by atoms with Crippen molar-refractivity contribution in [2.75, 3.05) is 5.32 Å². The smallest absolute Gasteiger partial charge is 0.339 e. The van der Waals surface area contributed by atoms with Gasteiger partial charge < -0.3 is 14.4 Å². The van der Waals surface area contributed by atoms with Crippen molar-refractivity contribution in [3.8, 4) is 5.75 Å². The zero-order chi connectivity index (χ0) is 23.3. The number of anilines is 1. The number of carbonyl (C=O) groups is 1. The Hall–Kier alpha value is -3.46. The van der Waals surface area contributed by atoms with Crippen molar-refractivity contribution >= 4 is 21.8 Å². The Bertz CT molecular complexity index is 1200. The Morgan fingerprint density at radius 2 is 1.66 bits per heavy atom. The van der Waals surface area contributed by atoms with Crippen LogP contribution in [0.5, 0.6) is 5.75 Å². The highest BCUT2D eigenvalue weighted by Crippen LogP contribution is 2.22. The largest absolute Gasteiger partial charge is 0.379 e. The fourth-order valence-corrected chi connectivity index (χ4v) is 3.84. The van der Waals surface area contributed by atoms with Gasteiger partial charge in [-0.1, -0.05) is 18.2 Å². The maximum atomic E-state index is 13.4. The number of hydrogen-bond donors (Lipinski definition) is 1. The number of rotatable bonds is 7. The molecule has 0 aliphatic heterocycles. The van der Waals surface area contributed by atoms with E-state index in [1.165, 1.54) is 35.2 Å². The molecule has 0 fully saturated rings. The first-order valence-electron chi connectivity index (χ1n) is 9.76. The van der Waals surface area contributed by atoms with Gasteiger partial charge in [-0.15, -0.1) is 0 Å². The second-order valence-corrected chi connectivity index (χ2v) is 8.85. The van der Waals surface area contributed by atoms with Crippen LogP contribution in [0.4, 0.5) is 19.3 Å². The molecule has 0 aliphatic carbocycles. The molecule has 9 heteroatoms. The van der Waals surface area contributed by atoms with Gasteiger partial charge in [-0.2, -0.15) is 8.42 Å². The highest BCUT2D eigenvalue weighted by atomic mass is 32.2. The van der Waals surface area contributed by atoms with E-state index in [4.69, 9.17) is 4.18 Å². The van der Waals surface area contributed by atoms with Crippen LogP contribution in [0.1, 0.15) is 19.4 Å². The third kappa shape index (κ3) is 6.04. The van der Waals surface area contributed by atoms with Gasteiger partial charge in [-0.25, -0.2) is 13.6 Å². The first kappa shape index (κ1) is 23.2. The summed E-state index contributed by atoms with van der Waals surface area (Å²) in [6.07, 6.45) is 0. The Kier molecular flexibility index (Phi) is 7.09. The lowest BCUT2D eigenvalue weighted by Crippen LogP contribution is -2.39. The molecule has 0 spiro atoms. The highest BCUT2D eigenvalue weighted by Gasteiger charge is 2.20. The number of halogens is 2. The van der Waals surface area contributed by atoms with Gasteiger partial charge in [-0.05, 0) is 74.0 Å². The number of amides is 2. The number of nitrogens with one attached hydrogen (secondary N) is 1. The van der Waals surface area contributed by atoms with Crippen LogP contribution in [0.15, 0.2) is 77.7 Å². The Morgan fingerprint density at radius 3 is 2.31 bits per heavy atom. The van der Waals surface area contributed by atoms with E-state index in [1.54, 1.807) is 18.2 Å². The number of urea groups is 1. The lowest BCUT2D eigenvalue weighted by Gasteiger charge is -2.27. The van der Waals surface area contributed by atoms with Crippen molar-refractivity contribution in [1.29, 1.82) is 0 Å². The molecular weight excluding hydrogens is 438 g/mol. The van der Waals surface area contributed by atoms with Crippen molar-refractivity contribution in [3.05, 3.63) is 90.0 Å². The molecule has 3 aromatic rings. The van der Waals surface area contributed by atoms with E-state index in [0.29, 0.717) is 11.3 Å². The molecule has 0 unspecified atom stereocenters. The van der Waals surface area contributed by atoms with Crippen molar-refractivity contribution in [2.24, 2.45) is 0 Å². The van der Waals surface area contributed by atoms with E-state index >= 15 is 0 Å². The summed E-state index contributed by atoms with van der Waals surface area (Å²) in [5.41, 5.74) is 0.947. The Labute approximate surface area is 185 Å². The number of nitrogens with zero attached hydrogens (tertiary/aromatic N) is 1. The molecule has 3 aromatic carbocycles. The summed E-state index contributed by atoms with van der Waals surface area (Å²) in [6, 6.07) is 15.5. The topological polar surface area (TPSA) is 75.7 Å². The molecule has 0 saturated carbocycles. The summed E-state index contributed by atoms with van der Waals surface area (Å²) >= 11 is 0. The van der Waals surface area contributed by atoms with E-state index in [1.807, 2.05) is 13.8 Å². The molecule has 32 heavy (non-hydrogen) atoms. The van der Waals surface area contributed by atoms with Gasteiger partial charge in [0.15, 0.2) is 0 Å². The zero-order valence-electron chi connectivity index (χ0n) is 17.5. The SMILES string of the molecule is CC(C)N(Cc1cccc(OS(=O)(=O)c2ccc(F)cc2)c1)C(=O)Nc1cccc(F)c1. The van der Waals surface area contributed by atoms with Crippen LogP contribution in [-0.4, -0.2) is 25.4 Å². The van der Waals surface area contributed by atoms with Crippen LogP contribution >= 0.6 is 0 Å². The highest BCUT2D eigenvalue weighted by molar-refractivity contribution is 7.87. The Morgan fingerprint density at radius 1 is 0.969 bits per heavy atom. The maximum Gasteiger partial charge on any atom is 0.339 e. The molecule has 3 rings (SSSR count). The summed E-state index contributed by atoms with van der Waals surface area (Å²) < 4.78 is 56.5. The van der Waals surface area contributed by atoms with Crippen molar-refractivity contribution < 1.29 is 26.2 Å². The minimum absolute atomic E-state index is 0.0565. The summed E-state index contributed by atoms with van der Waals surface area (Å²) in [7, 11) is -4.15. The quantitative estimate of drug-likeness (QED) is 0.493. The third-order valence-corrected chi connectivity index (χ3v) is 5.78. The van der Waals surface area contributed by atoms with Gasteiger partial charge in [-0.3, -0.25) is 0 Å². The van der Waals surface area contributed by atoms with E-state index in [9.17, 15) is 22.0 Å². The fourth-order valence-electron chi connectivity index (χ4n) is 2.92. The van der Waals surface area contributed by atoms with E-state index < -0.39 is 27.8 Å². The van der Waals surface area contributed by atoms with E-state index in [0.717, 1.165) is 24.3 Å². The van der Waals surface area contributed by atoms with Crippen LogP contribution in [0, 0.1) is 11.6 Å². The minimum Gasteiger partial charge on any atom is -0.379 e. The molecule has 0 atom stereocenters. The molecule has 0 bridgehead atoms. The molecular formula is C23H22F2N2O4S. The van der Waals surface area contributed by atoms with Crippen LogP contribution < -0.4 is 9.50 Å². The average molecular weight is 461 g/mol. The van der Waals surface area contributed by atoms with Crippen LogP contribution in [-0.2, 0) is 16.7 Å². The zero-order valence-corrected chi connectivity index (χ0v) is 18.3. The molecule has 0 saturated heterocycles. The second-order valence-electron chi connectivity index (χ2n) is 7.30. The van der Waals surface area contributed by atoms with Gasteiger partial charge in [0, 0.05) is 18.3 Å². The lowest BCUT2D eigenvalue weighted by atomic mass is 10.2. The number of hydrogen-bond acceptors (Lipinski definition) is 4. The molecule has 6 nitrogen and oxygen atoms in total. The first-order chi connectivity index (χ1) is 15.1. The summed E-state index contributed by atoms with van der Waals surface area (Å²) in [5, 5.41) is 2.65. The molecule has 0 aromatic heterocycles. The van der Waals surface area contributed by atoms with Gasteiger partial charge in [0.2, 0.25) is 0 Å². The minimum atomic E-state index is -4.15. The molecule has 0 aliphatic rings. The monoisotopic (exact) mass is 460 g/mol. The van der Waals surface area contributed by atoms with Gasteiger partial charge in [0.25, 0.3) is 0 Å². The fraction of sp³-hybridized carbons (Fsp3) is 0.174. The molecule has 2 amide bonds. The second kappa shape index (κ2) is 9.78. The predicted octanol–water partition coefficient (Wildman–Crippen LogP) is 5.18. The predicted molar refractivity (Wildman–Crippen MR) is 117 cm³/mol. The standard InChI is InChI=1S/C23H22F2N2O4S/c1-16(2)27(23(28)26-20-7-4-6-19(25)14-20)15-17-5-3-8-21(13-17)31-32(29,30)22-11-9-18(24)10-12-22/h3-14,16H,15H2,1-2H3,(H,26,28). The summed E-state index contributed by atoms with van der Waals surface area (Å²) in [6.45, 7) is 3.81. The van der Waals surface area contributed by atoms with Crippen LogP contribution in [0.2, 0.25) is 0 Å². The summed E-state index contributed by atoms with van der Waals surface area (Å²) in [5.74, 6) is -0.969. The van der Waals surface area contributed by atoms with E-state index in [-0.39, 0.29) is 23.2 Å². The molecule has 0 heterocycles. The third-order valence-electron chi connectivity index (χ3n) is 4.52. The number of carbonyl (C=O) groups excluding carboxylic acids is 1. The molecule has 168 valence electrons. The van der Waals surface area contributed by atoms with Crippen molar-refractivity contribution in [1.82, 2.24) is 4.90 Å². The summed E-state index contributed by atoms with van der Waals surface area (Å²) in [4.78, 5) is 14.1. The molecule has 1 N–H and O–H groups in total.